The number of thioether (sulfide) groups is 1. The smallest absolute Gasteiger partial charge is 0.236 e. The van der Waals surface area contributed by atoms with Crippen LogP contribution < -0.4 is 15.4 Å². The maximum atomic E-state index is 12.2. The van der Waals surface area contributed by atoms with Crippen LogP contribution in [0.15, 0.2) is 34.7 Å². The molecule has 11 heteroatoms. The Morgan fingerprint density at radius 1 is 1.24 bits per heavy atom. The lowest BCUT2D eigenvalue weighted by Gasteiger charge is -2.09. The molecule has 2 aromatic heterocycles. The second-order valence-corrected chi connectivity index (χ2v) is 8.66. The Labute approximate surface area is 186 Å². The van der Waals surface area contributed by atoms with Crippen LogP contribution in [0.3, 0.4) is 0 Å². The third-order valence-corrected chi connectivity index (χ3v) is 6.17. The van der Waals surface area contributed by atoms with E-state index in [0.717, 1.165) is 11.4 Å². The van der Waals surface area contributed by atoms with E-state index < -0.39 is 0 Å². The number of ether oxygens (including phenoxy) is 1. The fourth-order valence-electron chi connectivity index (χ4n) is 2.23. The fraction of sp³-hybridized carbons (Fsp3) is 0.222. The normalized spacial score (nSPS) is 10.6. The SMILES string of the molecule is CCOc1ccccc1Nc1nnc(SCC(=O)Nc2nc(C)c(Cl)cc2Cl)s1. The zero-order chi connectivity index (χ0) is 20.8. The lowest BCUT2D eigenvalue weighted by atomic mass is 10.3. The van der Waals surface area contributed by atoms with E-state index in [1.165, 1.54) is 23.1 Å². The summed E-state index contributed by atoms with van der Waals surface area (Å²) in [6.45, 7) is 4.23. The van der Waals surface area contributed by atoms with E-state index in [2.05, 4.69) is 25.8 Å². The minimum absolute atomic E-state index is 0.143. The van der Waals surface area contributed by atoms with Crippen LogP contribution >= 0.6 is 46.3 Å². The van der Waals surface area contributed by atoms with Gasteiger partial charge in [-0.2, -0.15) is 0 Å². The molecule has 0 bridgehead atoms. The summed E-state index contributed by atoms with van der Waals surface area (Å²) in [6, 6.07) is 9.14. The average Bonchev–Trinajstić information content (AvgIpc) is 3.14. The van der Waals surface area contributed by atoms with E-state index in [0.29, 0.717) is 26.8 Å². The summed E-state index contributed by atoms with van der Waals surface area (Å²) in [5.41, 5.74) is 1.39. The number of nitrogens with one attached hydrogen (secondary N) is 2. The Morgan fingerprint density at radius 3 is 2.83 bits per heavy atom. The molecule has 1 aromatic carbocycles. The molecule has 0 fully saturated rings. The molecule has 0 radical (unpaired) electrons. The van der Waals surface area contributed by atoms with Gasteiger partial charge in [-0.1, -0.05) is 58.4 Å². The van der Waals surface area contributed by atoms with Gasteiger partial charge in [0, 0.05) is 0 Å². The number of amides is 1. The molecule has 0 aliphatic rings. The Hall–Kier alpha value is -2.07. The van der Waals surface area contributed by atoms with Crippen LogP contribution in [0.2, 0.25) is 10.0 Å². The van der Waals surface area contributed by atoms with Crippen LogP contribution in [0.5, 0.6) is 5.75 Å². The number of hydrogen-bond acceptors (Lipinski definition) is 8. The zero-order valence-electron chi connectivity index (χ0n) is 15.5. The molecule has 29 heavy (non-hydrogen) atoms. The molecule has 0 saturated heterocycles. The standard InChI is InChI=1S/C18H17Cl2N5O2S2/c1-3-27-14-7-5-4-6-13(14)22-17-24-25-18(29-17)28-9-15(26)23-16-12(20)8-11(19)10(2)21-16/h4-8H,3,9H2,1-2H3,(H,22,24)(H,21,23,26). The van der Waals surface area contributed by atoms with Gasteiger partial charge < -0.3 is 15.4 Å². The Balaban J connectivity index is 1.57. The maximum Gasteiger partial charge on any atom is 0.236 e. The fourth-order valence-corrected chi connectivity index (χ4v) is 4.20. The van der Waals surface area contributed by atoms with Crippen molar-refractivity contribution in [2.24, 2.45) is 0 Å². The highest BCUT2D eigenvalue weighted by atomic mass is 35.5. The van der Waals surface area contributed by atoms with Gasteiger partial charge in [-0.05, 0) is 32.0 Å². The third-order valence-electron chi connectivity index (χ3n) is 3.52. The summed E-state index contributed by atoms with van der Waals surface area (Å²) in [4.78, 5) is 16.4. The minimum Gasteiger partial charge on any atom is -0.492 e. The molecule has 3 aromatic rings. The quantitative estimate of drug-likeness (QED) is 0.425. The minimum atomic E-state index is -0.252. The van der Waals surface area contributed by atoms with Crippen LogP contribution in [0.1, 0.15) is 12.6 Å². The van der Waals surface area contributed by atoms with Crippen molar-refractivity contribution in [1.82, 2.24) is 15.2 Å². The molecule has 1 amide bonds. The van der Waals surface area contributed by atoms with E-state index in [4.69, 9.17) is 27.9 Å². The van der Waals surface area contributed by atoms with Gasteiger partial charge in [0.2, 0.25) is 11.0 Å². The first-order valence-corrected chi connectivity index (χ1v) is 11.1. The number of hydrogen-bond donors (Lipinski definition) is 2. The zero-order valence-corrected chi connectivity index (χ0v) is 18.7. The van der Waals surface area contributed by atoms with Crippen LogP contribution in [0.25, 0.3) is 0 Å². The predicted octanol–water partition coefficient (Wildman–Crippen LogP) is 5.42. The molecule has 3 rings (SSSR count). The van der Waals surface area contributed by atoms with Crippen LogP contribution in [0, 0.1) is 6.92 Å². The number of benzene rings is 1. The molecule has 0 spiro atoms. The first-order valence-electron chi connectivity index (χ1n) is 8.54. The third kappa shape index (κ3) is 5.96. The summed E-state index contributed by atoms with van der Waals surface area (Å²) in [7, 11) is 0. The number of para-hydroxylation sites is 2. The number of rotatable bonds is 8. The number of aromatic nitrogens is 3. The predicted molar refractivity (Wildman–Crippen MR) is 119 cm³/mol. The molecular formula is C18H17Cl2N5O2S2. The van der Waals surface area contributed by atoms with Gasteiger partial charge in [-0.15, -0.1) is 10.2 Å². The van der Waals surface area contributed by atoms with Gasteiger partial charge in [-0.25, -0.2) is 4.98 Å². The monoisotopic (exact) mass is 469 g/mol. The molecule has 0 unspecified atom stereocenters. The van der Waals surface area contributed by atoms with E-state index in [1.807, 2.05) is 31.2 Å². The van der Waals surface area contributed by atoms with Crippen molar-refractivity contribution >= 4 is 68.8 Å². The number of aryl methyl sites for hydroxylation is 1. The Bertz CT molecular complexity index is 1020. The number of halogens is 2. The number of nitrogens with zero attached hydrogens (tertiary/aromatic N) is 3. The lowest BCUT2D eigenvalue weighted by molar-refractivity contribution is -0.113. The highest BCUT2D eigenvalue weighted by Crippen LogP contribution is 2.32. The van der Waals surface area contributed by atoms with Crippen molar-refractivity contribution in [2.45, 2.75) is 18.2 Å². The maximum absolute atomic E-state index is 12.2. The highest BCUT2D eigenvalue weighted by Gasteiger charge is 2.13. The largest absolute Gasteiger partial charge is 0.492 e. The number of carbonyl (C=O) groups is 1. The van der Waals surface area contributed by atoms with Gasteiger partial charge in [0.25, 0.3) is 0 Å². The van der Waals surface area contributed by atoms with Crippen molar-refractivity contribution < 1.29 is 9.53 Å². The second kappa shape index (κ2) is 10.1. The van der Waals surface area contributed by atoms with Crippen molar-refractivity contribution in [2.75, 3.05) is 23.0 Å². The molecular weight excluding hydrogens is 453 g/mol. The second-order valence-electron chi connectivity index (χ2n) is 5.65. The molecule has 0 aliphatic heterocycles. The molecule has 0 atom stereocenters. The van der Waals surface area contributed by atoms with Crippen molar-refractivity contribution in [3.8, 4) is 5.75 Å². The number of pyridine rings is 1. The summed E-state index contributed by atoms with van der Waals surface area (Å²) in [5, 5.41) is 15.4. The Kier molecular flexibility index (Phi) is 7.54. The first kappa shape index (κ1) is 21.6. The van der Waals surface area contributed by atoms with Gasteiger partial charge >= 0.3 is 0 Å². The van der Waals surface area contributed by atoms with E-state index in [1.54, 1.807) is 13.0 Å². The molecule has 2 heterocycles. The van der Waals surface area contributed by atoms with Gasteiger partial charge in [0.15, 0.2) is 10.2 Å². The molecule has 2 N–H and O–H groups in total. The average molecular weight is 470 g/mol. The molecule has 7 nitrogen and oxygen atoms in total. The number of anilines is 3. The molecule has 0 saturated carbocycles. The van der Waals surface area contributed by atoms with Gasteiger partial charge in [0.05, 0.1) is 33.8 Å². The topological polar surface area (TPSA) is 89.0 Å². The van der Waals surface area contributed by atoms with E-state index in [-0.39, 0.29) is 22.5 Å². The Morgan fingerprint density at radius 2 is 2.03 bits per heavy atom. The van der Waals surface area contributed by atoms with Crippen molar-refractivity contribution in [3.63, 3.8) is 0 Å². The van der Waals surface area contributed by atoms with E-state index in [9.17, 15) is 4.79 Å². The summed E-state index contributed by atoms with van der Waals surface area (Å²) in [6.07, 6.45) is 0. The van der Waals surface area contributed by atoms with Crippen molar-refractivity contribution in [3.05, 3.63) is 46.1 Å². The summed E-state index contributed by atoms with van der Waals surface area (Å²) < 4.78 is 6.24. The van der Waals surface area contributed by atoms with Gasteiger partial charge in [-0.3, -0.25) is 4.79 Å². The number of carbonyl (C=O) groups excluding carboxylic acids is 1. The first-order chi connectivity index (χ1) is 14.0. The van der Waals surface area contributed by atoms with Crippen molar-refractivity contribution in [1.29, 1.82) is 0 Å². The molecule has 152 valence electrons. The van der Waals surface area contributed by atoms with Crippen LogP contribution in [0.4, 0.5) is 16.6 Å². The van der Waals surface area contributed by atoms with Gasteiger partial charge in [0.1, 0.15) is 5.75 Å². The van der Waals surface area contributed by atoms with E-state index >= 15 is 0 Å². The lowest BCUT2D eigenvalue weighted by Crippen LogP contribution is -2.15. The van der Waals surface area contributed by atoms with Crippen LogP contribution in [-0.2, 0) is 4.79 Å². The van der Waals surface area contributed by atoms with Crippen LogP contribution in [-0.4, -0.2) is 33.4 Å². The summed E-state index contributed by atoms with van der Waals surface area (Å²) >= 11 is 14.6. The summed E-state index contributed by atoms with van der Waals surface area (Å²) in [5.74, 6) is 0.911. The molecule has 0 aliphatic carbocycles. The highest BCUT2D eigenvalue weighted by molar-refractivity contribution is 8.01.